The van der Waals surface area contributed by atoms with Crippen LogP contribution in [0.15, 0.2) is 18.5 Å². The molecule has 0 aliphatic rings. The van der Waals surface area contributed by atoms with Gasteiger partial charge < -0.3 is 15.2 Å². The minimum absolute atomic E-state index is 0.185. The monoisotopic (exact) mass is 336 g/mol. The van der Waals surface area contributed by atoms with Crippen LogP contribution in [0.4, 0.5) is 0 Å². The first kappa shape index (κ1) is 17.0. The number of carbonyl (C=O) groups is 2. The van der Waals surface area contributed by atoms with Crippen molar-refractivity contribution in [3.05, 3.63) is 29.0 Å². The quantitative estimate of drug-likeness (QED) is 0.779. The molecule has 122 valence electrons. The number of aliphatic carboxylic acids is 1. The molecular weight excluding hydrogens is 320 g/mol. The summed E-state index contributed by atoms with van der Waals surface area (Å²) < 4.78 is 4.85. The molecule has 0 aliphatic heterocycles. The van der Waals surface area contributed by atoms with Gasteiger partial charge in [-0.05, 0) is 13.0 Å². The van der Waals surface area contributed by atoms with Gasteiger partial charge in [0.2, 0.25) is 0 Å². The van der Waals surface area contributed by atoms with Gasteiger partial charge in [-0.3, -0.25) is 4.79 Å². The number of carboxylic acids is 1. The Labute approximate surface area is 136 Å². The van der Waals surface area contributed by atoms with Crippen LogP contribution in [-0.2, 0) is 9.53 Å². The molecule has 2 aromatic rings. The molecule has 1 unspecified atom stereocenters. The fourth-order valence-corrected chi connectivity index (χ4v) is 2.75. The molecule has 0 aliphatic carbocycles. The second-order valence-electron chi connectivity index (χ2n) is 4.65. The highest BCUT2D eigenvalue weighted by Gasteiger charge is 2.23. The van der Waals surface area contributed by atoms with Gasteiger partial charge in [-0.1, -0.05) is 0 Å². The van der Waals surface area contributed by atoms with E-state index in [1.807, 2.05) is 0 Å². The fourth-order valence-electron chi connectivity index (χ4n) is 1.83. The highest BCUT2D eigenvalue weighted by Crippen LogP contribution is 2.25. The first-order valence-electron chi connectivity index (χ1n) is 6.80. The van der Waals surface area contributed by atoms with Gasteiger partial charge >= 0.3 is 5.97 Å². The van der Waals surface area contributed by atoms with Gasteiger partial charge in [0.05, 0.1) is 5.69 Å². The molecule has 0 spiro atoms. The number of hydrogen-bond acceptors (Lipinski definition) is 7. The Bertz CT molecular complexity index is 689. The average molecular weight is 336 g/mol. The molecule has 2 heterocycles. The van der Waals surface area contributed by atoms with Crippen molar-refractivity contribution >= 4 is 23.2 Å². The summed E-state index contributed by atoms with van der Waals surface area (Å²) >= 11 is 1.13. The summed E-state index contributed by atoms with van der Waals surface area (Å²) in [6.07, 6.45) is 3.36. The van der Waals surface area contributed by atoms with Crippen LogP contribution in [0.2, 0.25) is 0 Å². The standard InChI is InChI=1S/C14H16N4O4S/c1-8-10(12(19)18-9(14(20)21)4-7-22-2)23-13(17-8)11-15-5-3-6-16-11/h3,5-6,9H,4,7H2,1-2H3,(H,18,19)(H,20,21). The number of methoxy groups -OCH3 is 1. The van der Waals surface area contributed by atoms with E-state index in [9.17, 15) is 9.59 Å². The first-order chi connectivity index (χ1) is 11.0. The van der Waals surface area contributed by atoms with Gasteiger partial charge in [0, 0.05) is 32.5 Å². The Morgan fingerprint density at radius 1 is 1.39 bits per heavy atom. The third-order valence-corrected chi connectivity index (χ3v) is 4.13. The molecule has 2 rings (SSSR count). The minimum atomic E-state index is -1.11. The van der Waals surface area contributed by atoms with E-state index in [-0.39, 0.29) is 13.0 Å². The maximum absolute atomic E-state index is 12.3. The Balaban J connectivity index is 2.16. The number of aromatic nitrogens is 3. The highest BCUT2D eigenvalue weighted by molar-refractivity contribution is 7.17. The number of amides is 1. The van der Waals surface area contributed by atoms with Crippen molar-refractivity contribution in [3.8, 4) is 10.8 Å². The van der Waals surface area contributed by atoms with Crippen LogP contribution in [0, 0.1) is 6.92 Å². The molecule has 8 nitrogen and oxygen atoms in total. The van der Waals surface area contributed by atoms with Crippen molar-refractivity contribution < 1.29 is 19.4 Å². The second kappa shape index (κ2) is 7.75. The predicted octanol–water partition coefficient (Wildman–Crippen LogP) is 1.13. The summed E-state index contributed by atoms with van der Waals surface area (Å²) in [4.78, 5) is 36.3. The van der Waals surface area contributed by atoms with Crippen molar-refractivity contribution in [1.29, 1.82) is 0 Å². The molecule has 0 aromatic carbocycles. The molecule has 0 bridgehead atoms. The molecular formula is C14H16N4O4S. The summed E-state index contributed by atoms with van der Waals surface area (Å²) in [6, 6.07) is 0.672. The average Bonchev–Trinajstić information content (AvgIpc) is 2.94. The number of thiazole rings is 1. The van der Waals surface area contributed by atoms with E-state index in [4.69, 9.17) is 9.84 Å². The Kier molecular flexibility index (Phi) is 5.72. The summed E-state index contributed by atoms with van der Waals surface area (Å²) in [5.74, 6) is -1.16. The fraction of sp³-hybridized carbons (Fsp3) is 0.357. The summed E-state index contributed by atoms with van der Waals surface area (Å²) in [6.45, 7) is 1.92. The highest BCUT2D eigenvalue weighted by atomic mass is 32.1. The van der Waals surface area contributed by atoms with Crippen LogP contribution >= 0.6 is 11.3 Å². The van der Waals surface area contributed by atoms with E-state index >= 15 is 0 Å². The van der Waals surface area contributed by atoms with E-state index in [1.165, 1.54) is 7.11 Å². The molecule has 2 aromatic heterocycles. The lowest BCUT2D eigenvalue weighted by Crippen LogP contribution is -2.41. The van der Waals surface area contributed by atoms with Crippen molar-refractivity contribution in [2.45, 2.75) is 19.4 Å². The molecule has 1 amide bonds. The predicted molar refractivity (Wildman–Crippen MR) is 83.3 cm³/mol. The lowest BCUT2D eigenvalue weighted by Gasteiger charge is -2.13. The summed E-state index contributed by atoms with van der Waals surface area (Å²) in [5, 5.41) is 12.1. The van der Waals surface area contributed by atoms with Crippen molar-refractivity contribution in [3.63, 3.8) is 0 Å². The van der Waals surface area contributed by atoms with Crippen molar-refractivity contribution in [2.75, 3.05) is 13.7 Å². The first-order valence-corrected chi connectivity index (χ1v) is 7.62. The van der Waals surface area contributed by atoms with Crippen LogP contribution < -0.4 is 5.32 Å². The van der Waals surface area contributed by atoms with Crippen LogP contribution in [0.25, 0.3) is 10.8 Å². The van der Waals surface area contributed by atoms with E-state index in [2.05, 4.69) is 20.3 Å². The molecule has 23 heavy (non-hydrogen) atoms. The lowest BCUT2D eigenvalue weighted by molar-refractivity contribution is -0.139. The van der Waals surface area contributed by atoms with E-state index < -0.39 is 17.9 Å². The Hall–Kier alpha value is -2.39. The number of carboxylic acid groups (broad SMARTS) is 1. The summed E-state index contributed by atoms with van der Waals surface area (Å²) in [7, 11) is 1.47. The van der Waals surface area contributed by atoms with Gasteiger partial charge in [0.15, 0.2) is 10.8 Å². The van der Waals surface area contributed by atoms with Gasteiger partial charge in [-0.15, -0.1) is 11.3 Å². The van der Waals surface area contributed by atoms with E-state index in [1.54, 1.807) is 25.4 Å². The Morgan fingerprint density at radius 2 is 2.09 bits per heavy atom. The number of nitrogens with zero attached hydrogens (tertiary/aromatic N) is 3. The van der Waals surface area contributed by atoms with Gasteiger partial charge in [0.1, 0.15) is 10.9 Å². The van der Waals surface area contributed by atoms with Crippen molar-refractivity contribution in [2.24, 2.45) is 0 Å². The number of ether oxygens (including phenoxy) is 1. The molecule has 0 saturated heterocycles. The molecule has 0 saturated carbocycles. The number of nitrogens with one attached hydrogen (secondary N) is 1. The third kappa shape index (κ3) is 4.30. The number of hydrogen-bond donors (Lipinski definition) is 2. The maximum atomic E-state index is 12.3. The van der Waals surface area contributed by atoms with Gasteiger partial charge in [-0.2, -0.15) is 0 Å². The molecule has 9 heteroatoms. The molecule has 1 atom stereocenters. The number of aryl methyl sites for hydroxylation is 1. The van der Waals surface area contributed by atoms with Gasteiger partial charge in [-0.25, -0.2) is 19.7 Å². The summed E-state index contributed by atoms with van der Waals surface area (Å²) in [5.41, 5.74) is 0.505. The number of carbonyl (C=O) groups excluding carboxylic acids is 1. The lowest BCUT2D eigenvalue weighted by atomic mass is 10.2. The maximum Gasteiger partial charge on any atom is 0.326 e. The van der Waals surface area contributed by atoms with E-state index in [0.29, 0.717) is 21.4 Å². The smallest absolute Gasteiger partial charge is 0.326 e. The largest absolute Gasteiger partial charge is 0.480 e. The third-order valence-electron chi connectivity index (χ3n) is 2.97. The zero-order chi connectivity index (χ0) is 16.8. The SMILES string of the molecule is COCCC(NC(=O)c1sc(-c2ncccn2)nc1C)C(=O)O. The van der Waals surface area contributed by atoms with Crippen LogP contribution in [0.5, 0.6) is 0 Å². The van der Waals surface area contributed by atoms with Crippen molar-refractivity contribution in [1.82, 2.24) is 20.3 Å². The molecule has 2 N–H and O–H groups in total. The van der Waals surface area contributed by atoms with E-state index in [0.717, 1.165) is 11.3 Å². The van der Waals surface area contributed by atoms with Crippen LogP contribution in [0.3, 0.4) is 0 Å². The zero-order valence-corrected chi connectivity index (χ0v) is 13.5. The zero-order valence-electron chi connectivity index (χ0n) is 12.6. The second-order valence-corrected chi connectivity index (χ2v) is 5.65. The minimum Gasteiger partial charge on any atom is -0.480 e. The van der Waals surface area contributed by atoms with Gasteiger partial charge in [0.25, 0.3) is 5.91 Å². The molecule has 0 radical (unpaired) electrons. The Morgan fingerprint density at radius 3 is 2.70 bits per heavy atom. The normalized spacial score (nSPS) is 11.9. The topological polar surface area (TPSA) is 114 Å². The van der Waals surface area contributed by atoms with Crippen LogP contribution in [0.1, 0.15) is 21.8 Å². The number of rotatable bonds is 7. The molecule has 0 fully saturated rings. The van der Waals surface area contributed by atoms with Crippen LogP contribution in [-0.4, -0.2) is 51.7 Å².